The van der Waals surface area contributed by atoms with Crippen LogP contribution in [0.4, 0.5) is 0 Å². The van der Waals surface area contributed by atoms with E-state index in [4.69, 9.17) is 17.0 Å². The summed E-state index contributed by atoms with van der Waals surface area (Å²) in [6.45, 7) is 2.20. The van der Waals surface area contributed by atoms with Gasteiger partial charge in [0, 0.05) is 22.5 Å². The Kier molecular flexibility index (Phi) is 4.39. The van der Waals surface area contributed by atoms with Crippen LogP contribution < -0.4 is 0 Å². The van der Waals surface area contributed by atoms with E-state index < -0.39 is 6.10 Å². The van der Waals surface area contributed by atoms with Crippen molar-refractivity contribution in [3.05, 3.63) is 45.4 Å². The second-order valence-electron chi connectivity index (χ2n) is 5.44. The smallest absolute Gasteiger partial charge is 0.135 e. The van der Waals surface area contributed by atoms with Gasteiger partial charge in [0.15, 0.2) is 0 Å². The van der Waals surface area contributed by atoms with Crippen molar-refractivity contribution in [1.82, 2.24) is 9.88 Å². The highest BCUT2D eigenvalue weighted by molar-refractivity contribution is 7.11. The van der Waals surface area contributed by atoms with Crippen LogP contribution in [0.2, 0.25) is 5.02 Å². The van der Waals surface area contributed by atoms with Crippen molar-refractivity contribution in [1.29, 1.82) is 5.41 Å². The summed E-state index contributed by atoms with van der Waals surface area (Å²) in [5, 5.41) is 31.0. The average molecular weight is 350 g/mol. The predicted octanol–water partition coefficient (Wildman–Crippen LogP) is 3.41. The standard InChI is InChI=1S/C16H16ClN3O2S/c1-9(21)6-20-7-13(22)14(15(20)18)16-19-12(8-23-16)10-2-4-11(17)5-3-10/h2-5,8-9,18,21-22H,6-7H2,1H3/t9-/m0/s1. The molecule has 120 valence electrons. The van der Waals surface area contributed by atoms with Crippen molar-refractivity contribution in [3.8, 4) is 11.3 Å². The summed E-state index contributed by atoms with van der Waals surface area (Å²) in [4.78, 5) is 6.17. The van der Waals surface area contributed by atoms with Crippen molar-refractivity contribution >= 4 is 34.3 Å². The van der Waals surface area contributed by atoms with Crippen molar-refractivity contribution in [2.24, 2.45) is 0 Å². The lowest BCUT2D eigenvalue weighted by molar-refractivity contribution is 0.160. The molecular weight excluding hydrogens is 334 g/mol. The van der Waals surface area contributed by atoms with Gasteiger partial charge < -0.3 is 15.1 Å². The van der Waals surface area contributed by atoms with Gasteiger partial charge in [-0.3, -0.25) is 5.41 Å². The molecule has 0 saturated carbocycles. The highest BCUT2D eigenvalue weighted by atomic mass is 35.5. The first-order chi connectivity index (χ1) is 11.0. The fraction of sp³-hybridized carbons (Fsp3) is 0.250. The molecular formula is C16H16ClN3O2S. The van der Waals surface area contributed by atoms with Crippen LogP contribution in [0.1, 0.15) is 11.9 Å². The maximum atomic E-state index is 10.2. The molecule has 1 aliphatic heterocycles. The van der Waals surface area contributed by atoms with Gasteiger partial charge in [-0.05, 0) is 19.1 Å². The van der Waals surface area contributed by atoms with E-state index in [0.717, 1.165) is 11.3 Å². The monoisotopic (exact) mass is 349 g/mol. The number of nitrogens with one attached hydrogen (secondary N) is 1. The minimum Gasteiger partial charge on any atom is -0.510 e. The Bertz CT molecular complexity index is 768. The molecule has 0 radical (unpaired) electrons. The van der Waals surface area contributed by atoms with E-state index in [9.17, 15) is 10.2 Å². The van der Waals surface area contributed by atoms with Crippen LogP contribution in [0.15, 0.2) is 35.4 Å². The molecule has 0 fully saturated rings. The lowest BCUT2D eigenvalue weighted by atomic mass is 10.2. The number of hydrogen-bond acceptors (Lipinski definition) is 5. The maximum Gasteiger partial charge on any atom is 0.135 e. The van der Waals surface area contributed by atoms with Gasteiger partial charge in [-0.25, -0.2) is 4.98 Å². The Morgan fingerprint density at radius 3 is 2.74 bits per heavy atom. The molecule has 23 heavy (non-hydrogen) atoms. The van der Waals surface area contributed by atoms with E-state index in [2.05, 4.69) is 4.98 Å². The normalized spacial score (nSPS) is 16.3. The van der Waals surface area contributed by atoms with Crippen molar-refractivity contribution in [2.75, 3.05) is 13.1 Å². The minimum atomic E-state index is -0.566. The molecule has 0 amide bonds. The van der Waals surface area contributed by atoms with Crippen molar-refractivity contribution in [2.45, 2.75) is 13.0 Å². The number of benzene rings is 1. The van der Waals surface area contributed by atoms with Crippen LogP contribution in [0.3, 0.4) is 0 Å². The SMILES string of the molecule is C[C@H](O)CN1CC(O)=C(c2nc(-c3ccc(Cl)cc3)cs2)C1=N. The molecule has 2 aromatic rings. The molecule has 1 aliphatic rings. The molecule has 3 rings (SSSR count). The number of β-amino-alcohol motifs (C(OH)–C–C–N with tert-alkyl or cyclic N) is 1. The van der Waals surface area contributed by atoms with Crippen molar-refractivity contribution < 1.29 is 10.2 Å². The maximum absolute atomic E-state index is 10.2. The fourth-order valence-electron chi connectivity index (χ4n) is 2.47. The molecule has 1 atom stereocenters. The Labute approximate surface area is 143 Å². The fourth-order valence-corrected chi connectivity index (χ4v) is 3.50. The molecule has 0 unspecified atom stereocenters. The zero-order chi connectivity index (χ0) is 16.6. The van der Waals surface area contributed by atoms with Gasteiger partial charge >= 0.3 is 0 Å². The topological polar surface area (TPSA) is 80.4 Å². The minimum absolute atomic E-state index is 0.118. The number of hydrogen-bond donors (Lipinski definition) is 3. The first kappa shape index (κ1) is 16.0. The molecule has 2 heterocycles. The van der Waals surface area contributed by atoms with E-state index in [1.165, 1.54) is 11.3 Å². The van der Waals surface area contributed by atoms with E-state index >= 15 is 0 Å². The third kappa shape index (κ3) is 3.24. The molecule has 1 aromatic heterocycles. The van der Waals surface area contributed by atoms with Crippen molar-refractivity contribution in [3.63, 3.8) is 0 Å². The summed E-state index contributed by atoms with van der Waals surface area (Å²) in [5.41, 5.74) is 2.15. The van der Waals surface area contributed by atoms with E-state index in [1.54, 1.807) is 24.0 Å². The summed E-state index contributed by atoms with van der Waals surface area (Å²) in [5.74, 6) is 0.313. The van der Waals surface area contributed by atoms with Crippen LogP contribution in [-0.4, -0.2) is 45.1 Å². The number of rotatable bonds is 4. The summed E-state index contributed by atoms with van der Waals surface area (Å²) in [6, 6.07) is 7.37. The van der Waals surface area contributed by atoms with Crippen LogP contribution in [0.25, 0.3) is 16.8 Å². The summed E-state index contributed by atoms with van der Waals surface area (Å²) in [6.07, 6.45) is -0.566. The van der Waals surface area contributed by atoms with Crippen LogP contribution in [0, 0.1) is 5.41 Å². The van der Waals surface area contributed by atoms with Gasteiger partial charge in [0.2, 0.25) is 0 Å². The second-order valence-corrected chi connectivity index (χ2v) is 6.74. The average Bonchev–Trinajstić information content (AvgIpc) is 3.05. The lowest BCUT2D eigenvalue weighted by Crippen LogP contribution is -2.33. The molecule has 0 bridgehead atoms. The van der Waals surface area contributed by atoms with E-state index in [0.29, 0.717) is 22.1 Å². The number of aliphatic hydroxyl groups is 2. The molecule has 3 N–H and O–H groups in total. The summed E-state index contributed by atoms with van der Waals surface area (Å²) in [7, 11) is 0. The Hall–Kier alpha value is -1.89. The van der Waals surface area contributed by atoms with Gasteiger partial charge in [0.05, 0.1) is 23.9 Å². The summed E-state index contributed by atoms with van der Waals surface area (Å²) < 4.78 is 0. The number of aliphatic hydroxyl groups excluding tert-OH is 2. The summed E-state index contributed by atoms with van der Waals surface area (Å²) >= 11 is 7.27. The molecule has 1 aromatic carbocycles. The molecule has 0 aliphatic carbocycles. The first-order valence-corrected chi connectivity index (χ1v) is 8.37. The second kappa shape index (κ2) is 6.31. The molecule has 0 spiro atoms. The zero-order valence-corrected chi connectivity index (χ0v) is 14.0. The van der Waals surface area contributed by atoms with E-state index in [-0.39, 0.29) is 18.1 Å². The van der Waals surface area contributed by atoms with Gasteiger partial charge in [-0.15, -0.1) is 11.3 Å². The quantitative estimate of drug-likeness (QED) is 0.790. The molecule has 5 nitrogen and oxygen atoms in total. The number of amidine groups is 1. The largest absolute Gasteiger partial charge is 0.510 e. The van der Waals surface area contributed by atoms with Gasteiger partial charge in [-0.1, -0.05) is 23.7 Å². The number of halogens is 1. The molecule has 7 heteroatoms. The number of aromatic nitrogens is 1. The first-order valence-electron chi connectivity index (χ1n) is 7.11. The number of thiazole rings is 1. The zero-order valence-electron chi connectivity index (χ0n) is 12.5. The number of nitrogens with zero attached hydrogens (tertiary/aromatic N) is 2. The van der Waals surface area contributed by atoms with E-state index in [1.807, 2.05) is 17.5 Å². The Morgan fingerprint density at radius 2 is 2.09 bits per heavy atom. The Balaban J connectivity index is 1.87. The lowest BCUT2D eigenvalue weighted by Gasteiger charge is -2.19. The highest BCUT2D eigenvalue weighted by Crippen LogP contribution is 2.32. The van der Waals surface area contributed by atoms with Gasteiger partial charge in [-0.2, -0.15) is 0 Å². The third-order valence-electron chi connectivity index (χ3n) is 3.52. The van der Waals surface area contributed by atoms with Gasteiger partial charge in [0.25, 0.3) is 0 Å². The van der Waals surface area contributed by atoms with Crippen LogP contribution in [0.5, 0.6) is 0 Å². The highest BCUT2D eigenvalue weighted by Gasteiger charge is 2.30. The molecule has 0 saturated heterocycles. The van der Waals surface area contributed by atoms with Crippen LogP contribution in [-0.2, 0) is 0 Å². The predicted molar refractivity (Wildman–Crippen MR) is 93.1 cm³/mol. The van der Waals surface area contributed by atoms with Crippen LogP contribution >= 0.6 is 22.9 Å². The van der Waals surface area contributed by atoms with Gasteiger partial charge in [0.1, 0.15) is 16.6 Å². The third-order valence-corrected chi connectivity index (χ3v) is 4.64. The Morgan fingerprint density at radius 1 is 1.39 bits per heavy atom.